The molecule has 0 heterocycles. The van der Waals surface area contributed by atoms with Crippen molar-refractivity contribution in [3.8, 4) is 0 Å². The maximum atomic E-state index is 9.24. The zero-order valence-electron chi connectivity index (χ0n) is 9.25. The van der Waals surface area contributed by atoms with Gasteiger partial charge in [0.2, 0.25) is 0 Å². The van der Waals surface area contributed by atoms with Gasteiger partial charge in [0.05, 0.1) is 0 Å². The predicted molar refractivity (Wildman–Crippen MR) is 77.0 cm³/mol. The van der Waals surface area contributed by atoms with Gasteiger partial charge >= 0.3 is 127 Å². The summed E-state index contributed by atoms with van der Waals surface area (Å²) in [6.45, 7) is 2.06. The van der Waals surface area contributed by atoms with Gasteiger partial charge in [-0.2, -0.15) is 0 Å². The average Bonchev–Trinajstić information content (AvgIpc) is 2.05. The monoisotopic (exact) mass is 366 g/mol. The van der Waals surface area contributed by atoms with Crippen LogP contribution in [0.2, 0.25) is 0 Å². The molecule has 0 saturated heterocycles. The molecule has 0 aliphatic rings. The molecule has 0 bridgehead atoms. The van der Waals surface area contributed by atoms with E-state index in [4.69, 9.17) is 61.8 Å². The maximum absolute atomic E-state index is 9.24. The molecule has 0 aromatic rings. The Bertz CT molecular complexity index is 228. The van der Waals surface area contributed by atoms with Crippen molar-refractivity contribution in [1.82, 2.24) is 0 Å². The molecule has 0 radical (unpaired) electrons. The molecule has 106 valence electrons. The molecule has 9 heteroatoms. The normalized spacial score (nSPS) is 17.5. The summed E-state index contributed by atoms with van der Waals surface area (Å²) in [6.07, 6.45) is 3.00. The van der Waals surface area contributed by atoms with E-state index in [0.29, 0.717) is 12.8 Å². The van der Waals surface area contributed by atoms with Crippen LogP contribution in [0, 0.1) is 0 Å². The van der Waals surface area contributed by atoms with Gasteiger partial charge in [-0.05, 0) is 0 Å². The van der Waals surface area contributed by atoms with Crippen LogP contribution in [0.25, 0.3) is 0 Å². The molecule has 1 unspecified atom stereocenters. The van der Waals surface area contributed by atoms with Crippen LogP contribution < -0.4 is 0 Å². The van der Waals surface area contributed by atoms with Gasteiger partial charge in [0, 0.05) is 0 Å². The van der Waals surface area contributed by atoms with Crippen molar-refractivity contribution >= 4 is 63.3 Å². The molecular formula is C8H16Cl5O3P. The fourth-order valence-electron chi connectivity index (χ4n) is 1.24. The number of hydrogen-bond donors (Lipinski definition) is 2. The average molecular weight is 368 g/mol. The minimum atomic E-state index is -5.17. The van der Waals surface area contributed by atoms with Gasteiger partial charge in [-0.3, -0.25) is 0 Å². The van der Waals surface area contributed by atoms with E-state index in [1.807, 2.05) is 0 Å². The van der Waals surface area contributed by atoms with Crippen molar-refractivity contribution in [2.24, 2.45) is 0 Å². The molecule has 0 fully saturated rings. The van der Waals surface area contributed by atoms with Gasteiger partial charge in [0.15, 0.2) is 0 Å². The molecule has 0 aromatic carbocycles. The first-order valence-electron chi connectivity index (χ1n) is 5.13. The summed E-state index contributed by atoms with van der Waals surface area (Å²) < 4.78 is 2.93. The molecule has 0 aliphatic carbocycles. The number of halogens is 5. The van der Waals surface area contributed by atoms with E-state index in [1.54, 1.807) is 0 Å². The molecule has 2 N–H and O–H groups in total. The Morgan fingerprint density at radius 3 is 2.00 bits per heavy atom. The summed E-state index contributed by atoms with van der Waals surface area (Å²) in [5.74, 6) is -5.17. The second-order valence-electron chi connectivity index (χ2n) is 3.74. The zero-order valence-corrected chi connectivity index (χ0v) is 13.9. The van der Waals surface area contributed by atoms with Crippen LogP contribution in [0.4, 0.5) is 0 Å². The van der Waals surface area contributed by atoms with E-state index >= 15 is 0 Å². The summed E-state index contributed by atoms with van der Waals surface area (Å²) in [4.78, 5) is 18.5. The van der Waals surface area contributed by atoms with E-state index in [0.717, 1.165) is 19.3 Å². The number of rotatable bonds is 7. The first-order chi connectivity index (χ1) is 7.42. The van der Waals surface area contributed by atoms with Crippen LogP contribution in [-0.4, -0.2) is 19.7 Å². The summed E-state index contributed by atoms with van der Waals surface area (Å²) in [5, 5.41) is 0. The molecule has 0 spiro atoms. The van der Waals surface area contributed by atoms with E-state index in [1.165, 1.54) is 0 Å². The van der Waals surface area contributed by atoms with Gasteiger partial charge in [-0.15, -0.1) is 0 Å². The Morgan fingerprint density at radius 1 is 1.12 bits per heavy atom. The van der Waals surface area contributed by atoms with E-state index < -0.39 is 15.9 Å². The molecule has 17 heavy (non-hydrogen) atoms. The van der Waals surface area contributed by atoms with Gasteiger partial charge in [0.1, 0.15) is 0 Å². The Labute approximate surface area is 126 Å². The van der Waals surface area contributed by atoms with Gasteiger partial charge < -0.3 is 0 Å². The first-order valence-corrected chi connectivity index (χ1v) is 10.1. The van der Waals surface area contributed by atoms with Crippen LogP contribution in [0.1, 0.15) is 39.0 Å². The first kappa shape index (κ1) is 18.8. The zero-order chi connectivity index (χ0) is 13.8. The molecule has 0 rings (SSSR count). The number of hydrogen-bond acceptors (Lipinski definition) is 3. The minimum absolute atomic E-state index is 0.328. The molecule has 0 amide bonds. The van der Waals surface area contributed by atoms with Crippen molar-refractivity contribution in [2.45, 2.75) is 48.9 Å². The molecule has 0 aromatic heterocycles. The second kappa shape index (κ2) is 6.97. The SMILES string of the molecule is CCCCCCC(OP(O)(O)(Cl)Cl)C(Cl)(Cl)Cl. The van der Waals surface area contributed by atoms with Gasteiger partial charge in [-0.1, -0.05) is 0 Å². The summed E-state index contributed by atoms with van der Waals surface area (Å²) in [7, 11) is 0. The standard InChI is InChI=1S/C8H16Cl5O3P/c1-2-3-4-5-6-7(8(9,10)11)16-17(12,13,14)15/h7,14-15H,2-6H2,1H3. The van der Waals surface area contributed by atoms with E-state index in [2.05, 4.69) is 6.92 Å². The number of unbranched alkanes of at least 4 members (excludes halogenated alkanes) is 3. The van der Waals surface area contributed by atoms with Crippen molar-refractivity contribution in [2.75, 3.05) is 0 Å². The molecule has 0 aliphatic heterocycles. The van der Waals surface area contributed by atoms with Crippen molar-refractivity contribution in [1.29, 1.82) is 0 Å². The fourth-order valence-corrected chi connectivity index (χ4v) is 3.15. The summed E-state index contributed by atoms with van der Waals surface area (Å²) in [6, 6.07) is 0. The third kappa shape index (κ3) is 11.3. The van der Waals surface area contributed by atoms with Crippen LogP contribution >= 0.6 is 63.3 Å². The van der Waals surface area contributed by atoms with E-state index in [9.17, 15) is 9.79 Å². The summed E-state index contributed by atoms with van der Waals surface area (Å²) >= 11 is 27.5. The van der Waals surface area contributed by atoms with Crippen molar-refractivity contribution in [3.63, 3.8) is 0 Å². The Hall–Kier alpha value is 1.76. The Balaban J connectivity index is 4.38. The molecule has 3 nitrogen and oxygen atoms in total. The predicted octanol–water partition coefficient (Wildman–Crippen LogP) is 5.30. The van der Waals surface area contributed by atoms with Crippen LogP contribution in [0.5, 0.6) is 0 Å². The molecule has 1 atom stereocenters. The third-order valence-electron chi connectivity index (χ3n) is 1.99. The Morgan fingerprint density at radius 2 is 1.65 bits per heavy atom. The second-order valence-corrected chi connectivity index (χ2v) is 12.0. The quantitative estimate of drug-likeness (QED) is 0.364. The molecule has 0 saturated carbocycles. The summed E-state index contributed by atoms with van der Waals surface area (Å²) in [5.41, 5.74) is 0. The van der Waals surface area contributed by atoms with Gasteiger partial charge in [-0.25, -0.2) is 0 Å². The van der Waals surface area contributed by atoms with Crippen LogP contribution in [0.3, 0.4) is 0 Å². The van der Waals surface area contributed by atoms with Crippen molar-refractivity contribution < 1.29 is 14.3 Å². The molecular weight excluding hydrogens is 352 g/mol. The van der Waals surface area contributed by atoms with Gasteiger partial charge in [0.25, 0.3) is 0 Å². The Kier molecular flexibility index (Phi) is 7.69. The van der Waals surface area contributed by atoms with E-state index in [-0.39, 0.29) is 0 Å². The van der Waals surface area contributed by atoms with Crippen LogP contribution in [-0.2, 0) is 4.52 Å². The fraction of sp³-hybridized carbons (Fsp3) is 1.00. The number of alkyl halides is 3. The topological polar surface area (TPSA) is 49.7 Å². The third-order valence-corrected chi connectivity index (χ3v) is 3.80. The van der Waals surface area contributed by atoms with Crippen molar-refractivity contribution in [3.05, 3.63) is 0 Å². The van der Waals surface area contributed by atoms with Crippen LogP contribution in [0.15, 0.2) is 0 Å².